The number of phenols is 1. The van der Waals surface area contributed by atoms with Crippen molar-refractivity contribution in [2.75, 3.05) is 11.9 Å². The quantitative estimate of drug-likeness (QED) is 0.362. The summed E-state index contributed by atoms with van der Waals surface area (Å²) in [5, 5.41) is 22.8. The molecule has 2 N–H and O–H groups in total. The molecule has 0 bridgehead atoms. The van der Waals surface area contributed by atoms with Gasteiger partial charge in [-0.15, -0.1) is 0 Å². The number of hydrogen-bond acceptors (Lipinski definition) is 6. The number of aryl methyl sites for hydroxylation is 1. The number of nitro benzene ring substituents is 1. The summed E-state index contributed by atoms with van der Waals surface area (Å²) in [4.78, 5) is 34.7. The largest absolute Gasteiger partial charge is 0.508 e. The third-order valence-corrected chi connectivity index (χ3v) is 4.28. The van der Waals surface area contributed by atoms with E-state index in [9.17, 15) is 24.8 Å². The summed E-state index contributed by atoms with van der Waals surface area (Å²) >= 11 is 0. The van der Waals surface area contributed by atoms with Crippen LogP contribution in [0.1, 0.15) is 15.9 Å². The number of anilines is 1. The summed E-state index contributed by atoms with van der Waals surface area (Å²) in [5.74, 6) is -1.22. The molecule has 0 aliphatic heterocycles. The predicted molar refractivity (Wildman–Crippen MR) is 110 cm³/mol. The lowest BCUT2D eigenvalue weighted by atomic mass is 10.0. The average molecular weight is 406 g/mol. The molecule has 0 unspecified atom stereocenters. The first kappa shape index (κ1) is 20.5. The van der Waals surface area contributed by atoms with Crippen molar-refractivity contribution < 1.29 is 24.4 Å². The number of benzene rings is 3. The van der Waals surface area contributed by atoms with E-state index in [0.717, 1.165) is 11.1 Å². The smallest absolute Gasteiger partial charge is 0.338 e. The molecule has 0 heterocycles. The Hall–Kier alpha value is -4.20. The molecule has 0 aliphatic carbocycles. The zero-order valence-corrected chi connectivity index (χ0v) is 16.0. The number of ether oxygens (including phenoxy) is 1. The van der Waals surface area contributed by atoms with Gasteiger partial charge in [0.1, 0.15) is 11.4 Å². The number of phenolic OH excluding ortho intramolecular Hbond substituents is 1. The third kappa shape index (κ3) is 4.99. The molecule has 30 heavy (non-hydrogen) atoms. The summed E-state index contributed by atoms with van der Waals surface area (Å²) < 4.78 is 4.99. The minimum absolute atomic E-state index is 0.0323. The lowest BCUT2D eigenvalue weighted by Crippen LogP contribution is -2.21. The van der Waals surface area contributed by atoms with Crippen LogP contribution in [0.5, 0.6) is 5.75 Å². The minimum atomic E-state index is -0.694. The maximum absolute atomic E-state index is 12.2. The standard InChI is InChI=1S/C22H18N2O6/c1-14-2-11-19(20(12-14)24(28)29)23-21(26)13-30-22(27)17-5-3-15(4-6-17)16-7-9-18(25)10-8-16/h2-12,25H,13H2,1H3,(H,23,26). The SMILES string of the molecule is Cc1ccc(NC(=O)COC(=O)c2ccc(-c3ccc(O)cc3)cc2)c([N+](=O)[O-])c1. The zero-order chi connectivity index (χ0) is 21.7. The number of aromatic hydroxyl groups is 1. The minimum Gasteiger partial charge on any atom is -0.508 e. The van der Waals surface area contributed by atoms with Gasteiger partial charge in [0.25, 0.3) is 11.6 Å². The van der Waals surface area contributed by atoms with Crippen molar-refractivity contribution in [1.29, 1.82) is 0 Å². The van der Waals surface area contributed by atoms with Gasteiger partial charge in [0.05, 0.1) is 10.5 Å². The molecule has 0 atom stereocenters. The molecular weight excluding hydrogens is 388 g/mol. The molecule has 0 aliphatic rings. The number of carbonyl (C=O) groups is 2. The van der Waals surface area contributed by atoms with Gasteiger partial charge in [-0.1, -0.05) is 30.3 Å². The molecule has 0 aromatic heterocycles. The maximum atomic E-state index is 12.2. The van der Waals surface area contributed by atoms with Gasteiger partial charge in [0.15, 0.2) is 6.61 Å². The van der Waals surface area contributed by atoms with E-state index >= 15 is 0 Å². The number of rotatable bonds is 6. The number of hydrogen-bond donors (Lipinski definition) is 2. The molecule has 8 heteroatoms. The predicted octanol–water partition coefficient (Wildman–Crippen LogP) is 4.07. The van der Waals surface area contributed by atoms with Crippen LogP contribution in [0.4, 0.5) is 11.4 Å². The summed E-state index contributed by atoms with van der Waals surface area (Å²) in [6.45, 7) is 1.12. The fourth-order valence-electron chi connectivity index (χ4n) is 2.75. The van der Waals surface area contributed by atoms with Crippen molar-refractivity contribution in [3.8, 4) is 16.9 Å². The number of nitrogens with one attached hydrogen (secondary N) is 1. The molecule has 3 aromatic rings. The average Bonchev–Trinajstić information content (AvgIpc) is 2.74. The van der Waals surface area contributed by atoms with Crippen LogP contribution in [0.25, 0.3) is 11.1 Å². The highest BCUT2D eigenvalue weighted by Gasteiger charge is 2.17. The molecule has 0 saturated carbocycles. The fraction of sp³-hybridized carbons (Fsp3) is 0.0909. The van der Waals surface area contributed by atoms with Crippen LogP contribution in [0.15, 0.2) is 66.7 Å². The molecule has 8 nitrogen and oxygen atoms in total. The van der Waals surface area contributed by atoms with Crippen LogP contribution in [0, 0.1) is 17.0 Å². The van der Waals surface area contributed by atoms with Gasteiger partial charge in [-0.25, -0.2) is 4.79 Å². The second kappa shape index (κ2) is 8.87. The van der Waals surface area contributed by atoms with Gasteiger partial charge >= 0.3 is 5.97 Å². The number of carbonyl (C=O) groups excluding carboxylic acids is 2. The summed E-state index contributed by atoms with van der Waals surface area (Å²) in [5.41, 5.74) is 2.45. The van der Waals surface area contributed by atoms with Crippen molar-refractivity contribution in [2.24, 2.45) is 0 Å². The van der Waals surface area contributed by atoms with Gasteiger partial charge in [-0.3, -0.25) is 14.9 Å². The van der Waals surface area contributed by atoms with Crippen molar-refractivity contribution in [2.45, 2.75) is 6.92 Å². The number of nitrogens with zero attached hydrogens (tertiary/aromatic N) is 1. The second-order valence-corrected chi connectivity index (χ2v) is 6.53. The van der Waals surface area contributed by atoms with E-state index in [4.69, 9.17) is 4.74 Å². The van der Waals surface area contributed by atoms with Crippen LogP contribution >= 0.6 is 0 Å². The summed E-state index contributed by atoms with van der Waals surface area (Å²) in [6, 6.07) is 17.6. The van der Waals surface area contributed by atoms with Gasteiger partial charge < -0.3 is 15.2 Å². The van der Waals surface area contributed by atoms with Crippen molar-refractivity contribution in [3.05, 3.63) is 88.0 Å². The zero-order valence-electron chi connectivity index (χ0n) is 16.0. The first-order valence-corrected chi connectivity index (χ1v) is 8.95. The number of amides is 1. The van der Waals surface area contributed by atoms with Crippen LogP contribution in [0.2, 0.25) is 0 Å². The molecule has 0 saturated heterocycles. The highest BCUT2D eigenvalue weighted by atomic mass is 16.6. The van der Waals surface area contributed by atoms with Crippen molar-refractivity contribution in [1.82, 2.24) is 0 Å². The summed E-state index contributed by atoms with van der Waals surface area (Å²) in [7, 11) is 0. The molecule has 1 amide bonds. The molecule has 3 aromatic carbocycles. The van der Waals surface area contributed by atoms with Crippen molar-refractivity contribution >= 4 is 23.3 Å². The molecule has 0 spiro atoms. The lowest BCUT2D eigenvalue weighted by molar-refractivity contribution is -0.384. The van der Waals surface area contributed by atoms with Crippen LogP contribution < -0.4 is 5.32 Å². The van der Waals surface area contributed by atoms with E-state index in [0.29, 0.717) is 5.56 Å². The van der Waals surface area contributed by atoms with E-state index in [-0.39, 0.29) is 22.7 Å². The molecule has 152 valence electrons. The normalized spacial score (nSPS) is 10.3. The van der Waals surface area contributed by atoms with Gasteiger partial charge in [0, 0.05) is 6.07 Å². The molecular formula is C22H18N2O6. The van der Waals surface area contributed by atoms with Crippen molar-refractivity contribution in [3.63, 3.8) is 0 Å². The Morgan fingerprint density at radius 1 is 1.00 bits per heavy atom. The first-order chi connectivity index (χ1) is 14.3. The van der Waals surface area contributed by atoms with Crippen LogP contribution in [0.3, 0.4) is 0 Å². The maximum Gasteiger partial charge on any atom is 0.338 e. The highest BCUT2D eigenvalue weighted by Crippen LogP contribution is 2.25. The van der Waals surface area contributed by atoms with E-state index < -0.39 is 23.4 Å². The van der Waals surface area contributed by atoms with Gasteiger partial charge in [-0.05, 0) is 53.9 Å². The number of nitro groups is 1. The van der Waals surface area contributed by atoms with E-state index in [1.165, 1.54) is 12.1 Å². The first-order valence-electron chi connectivity index (χ1n) is 8.95. The molecule has 0 radical (unpaired) electrons. The van der Waals surface area contributed by atoms with Gasteiger partial charge in [-0.2, -0.15) is 0 Å². The Bertz CT molecular complexity index is 1090. The highest BCUT2D eigenvalue weighted by molar-refractivity contribution is 5.97. The third-order valence-electron chi connectivity index (χ3n) is 4.28. The summed E-state index contributed by atoms with van der Waals surface area (Å²) in [6.07, 6.45) is 0. The van der Waals surface area contributed by atoms with E-state index in [1.807, 2.05) is 0 Å². The monoisotopic (exact) mass is 406 g/mol. The molecule has 3 rings (SSSR count). The topological polar surface area (TPSA) is 119 Å². The fourth-order valence-corrected chi connectivity index (χ4v) is 2.75. The van der Waals surface area contributed by atoms with E-state index in [2.05, 4.69) is 5.32 Å². The van der Waals surface area contributed by atoms with Crippen LogP contribution in [-0.4, -0.2) is 28.5 Å². The Kier molecular flexibility index (Phi) is 6.07. The van der Waals surface area contributed by atoms with E-state index in [1.54, 1.807) is 61.5 Å². The van der Waals surface area contributed by atoms with Gasteiger partial charge in [0.2, 0.25) is 0 Å². The Labute approximate surface area is 171 Å². The molecule has 0 fully saturated rings. The Morgan fingerprint density at radius 3 is 2.20 bits per heavy atom. The Balaban J connectivity index is 1.59. The number of esters is 1. The lowest BCUT2D eigenvalue weighted by Gasteiger charge is -2.08. The second-order valence-electron chi connectivity index (χ2n) is 6.53. The Morgan fingerprint density at radius 2 is 1.60 bits per heavy atom. The van der Waals surface area contributed by atoms with Crippen LogP contribution in [-0.2, 0) is 9.53 Å².